The normalized spacial score (nSPS) is 20.7. The first-order valence-corrected chi connectivity index (χ1v) is 7.25. The molecular weight excluding hydrogens is 262 g/mol. The first-order chi connectivity index (χ1) is 9.02. The van der Waals surface area contributed by atoms with Crippen molar-refractivity contribution in [2.45, 2.75) is 45.1 Å². The molecule has 1 aliphatic rings. The molecule has 3 N–H and O–H groups in total. The fourth-order valence-corrected chi connectivity index (χ4v) is 2.73. The molecule has 0 aromatic heterocycles. The maximum atomic E-state index is 12.5. The summed E-state index contributed by atoms with van der Waals surface area (Å²) < 4.78 is 0. The highest BCUT2D eigenvalue weighted by molar-refractivity contribution is 7.80. The monoisotopic (exact) mass is 285 g/mol. The number of thiocarbonyl (C=S) groups is 1. The predicted octanol–water partition coefficient (Wildman–Crippen LogP) is 0.816. The van der Waals surface area contributed by atoms with Crippen LogP contribution in [0, 0.1) is 5.92 Å². The predicted molar refractivity (Wildman–Crippen MR) is 78.6 cm³/mol. The Labute approximate surface area is 119 Å². The van der Waals surface area contributed by atoms with Crippen LogP contribution in [0.4, 0.5) is 0 Å². The molecule has 0 bridgehead atoms. The van der Waals surface area contributed by atoms with Gasteiger partial charge in [0.25, 0.3) is 0 Å². The largest absolute Gasteiger partial charge is 0.393 e. The molecule has 5 nitrogen and oxygen atoms in total. The smallest absolute Gasteiger partial charge is 0.242 e. The van der Waals surface area contributed by atoms with Crippen molar-refractivity contribution < 1.29 is 9.59 Å². The third-order valence-electron chi connectivity index (χ3n) is 3.55. The summed E-state index contributed by atoms with van der Waals surface area (Å²) in [6.07, 6.45) is 4.09. The Balaban J connectivity index is 2.86. The minimum absolute atomic E-state index is 0.0948. The van der Waals surface area contributed by atoms with E-state index in [1.165, 1.54) is 0 Å². The van der Waals surface area contributed by atoms with E-state index in [4.69, 9.17) is 18.0 Å². The number of nitrogens with two attached hydrogens (primary N) is 1. The van der Waals surface area contributed by atoms with Crippen LogP contribution in [-0.4, -0.2) is 41.3 Å². The third-order valence-corrected chi connectivity index (χ3v) is 3.84. The van der Waals surface area contributed by atoms with Crippen LogP contribution < -0.4 is 11.1 Å². The summed E-state index contributed by atoms with van der Waals surface area (Å²) in [7, 11) is 1.59. The van der Waals surface area contributed by atoms with E-state index in [1.807, 2.05) is 6.92 Å². The van der Waals surface area contributed by atoms with E-state index in [0.717, 1.165) is 19.3 Å². The molecule has 1 saturated heterocycles. The average Bonchev–Trinajstić information content (AvgIpc) is 2.42. The van der Waals surface area contributed by atoms with Gasteiger partial charge in [-0.05, 0) is 25.7 Å². The van der Waals surface area contributed by atoms with Crippen molar-refractivity contribution in [1.82, 2.24) is 10.2 Å². The number of carbonyl (C=O) groups excluding carboxylic acids is 2. The van der Waals surface area contributed by atoms with Gasteiger partial charge in [-0.1, -0.05) is 25.6 Å². The van der Waals surface area contributed by atoms with Gasteiger partial charge in [-0.15, -0.1) is 0 Å². The Morgan fingerprint density at radius 3 is 2.68 bits per heavy atom. The van der Waals surface area contributed by atoms with E-state index < -0.39 is 5.92 Å². The molecule has 2 amide bonds. The second kappa shape index (κ2) is 7.43. The molecule has 0 spiro atoms. The molecule has 0 radical (unpaired) electrons. The number of hydrogen-bond acceptors (Lipinski definition) is 3. The van der Waals surface area contributed by atoms with Crippen LogP contribution in [0.2, 0.25) is 0 Å². The zero-order chi connectivity index (χ0) is 14.4. The molecule has 19 heavy (non-hydrogen) atoms. The average molecular weight is 285 g/mol. The van der Waals surface area contributed by atoms with Crippen LogP contribution in [0.5, 0.6) is 0 Å². The van der Waals surface area contributed by atoms with Gasteiger partial charge in [-0.25, -0.2) is 0 Å². The number of carbonyl (C=O) groups is 2. The molecule has 2 atom stereocenters. The molecule has 0 aliphatic carbocycles. The lowest BCUT2D eigenvalue weighted by Gasteiger charge is -2.36. The van der Waals surface area contributed by atoms with Crippen LogP contribution in [0.3, 0.4) is 0 Å². The maximum absolute atomic E-state index is 12.5. The minimum Gasteiger partial charge on any atom is -0.393 e. The number of likely N-dealkylation sites (tertiary alicyclic amines) is 1. The molecule has 2 unspecified atom stereocenters. The highest BCUT2D eigenvalue weighted by atomic mass is 32.1. The highest BCUT2D eigenvalue weighted by Crippen LogP contribution is 2.21. The van der Waals surface area contributed by atoms with Crippen molar-refractivity contribution in [3.8, 4) is 0 Å². The van der Waals surface area contributed by atoms with Crippen LogP contribution in [0.25, 0.3) is 0 Å². The van der Waals surface area contributed by atoms with Gasteiger partial charge in [-0.2, -0.15) is 0 Å². The van der Waals surface area contributed by atoms with Crippen molar-refractivity contribution in [3.05, 3.63) is 0 Å². The Bertz CT molecular complexity index is 360. The van der Waals surface area contributed by atoms with Gasteiger partial charge < -0.3 is 16.0 Å². The fourth-order valence-electron chi connectivity index (χ4n) is 2.51. The Hall–Kier alpha value is -1.17. The molecule has 0 aromatic rings. The summed E-state index contributed by atoms with van der Waals surface area (Å²) in [5.74, 6) is -0.640. The first kappa shape index (κ1) is 15.9. The van der Waals surface area contributed by atoms with E-state index in [9.17, 15) is 9.59 Å². The Kier molecular flexibility index (Phi) is 6.21. The molecular formula is C13H23N3O2S. The van der Waals surface area contributed by atoms with E-state index in [0.29, 0.717) is 19.4 Å². The lowest BCUT2D eigenvalue weighted by molar-refractivity contribution is -0.143. The number of hydrogen-bond donors (Lipinski definition) is 2. The van der Waals surface area contributed by atoms with Gasteiger partial charge in [-0.3, -0.25) is 9.59 Å². The zero-order valence-corrected chi connectivity index (χ0v) is 12.5. The van der Waals surface area contributed by atoms with E-state index in [-0.39, 0.29) is 22.8 Å². The van der Waals surface area contributed by atoms with Gasteiger partial charge in [0.15, 0.2) is 0 Å². The van der Waals surface area contributed by atoms with Crippen LogP contribution >= 0.6 is 12.2 Å². The number of nitrogens with zero attached hydrogens (tertiary/aromatic N) is 1. The van der Waals surface area contributed by atoms with Crippen molar-refractivity contribution >= 4 is 29.0 Å². The van der Waals surface area contributed by atoms with E-state index >= 15 is 0 Å². The van der Waals surface area contributed by atoms with Crippen molar-refractivity contribution in [1.29, 1.82) is 0 Å². The van der Waals surface area contributed by atoms with Crippen LogP contribution in [0.15, 0.2) is 0 Å². The van der Waals surface area contributed by atoms with Crippen LogP contribution in [0.1, 0.15) is 39.0 Å². The molecule has 1 rings (SSSR count). The number of piperidine rings is 1. The number of nitrogens with one attached hydrogen (secondary N) is 1. The summed E-state index contributed by atoms with van der Waals surface area (Å²) >= 11 is 4.99. The SMILES string of the molecule is CCCC(C(=O)N1CCCCC1C(=O)NC)C(N)=S. The quantitative estimate of drug-likeness (QED) is 0.733. The number of amides is 2. The van der Waals surface area contributed by atoms with Crippen molar-refractivity contribution in [2.24, 2.45) is 11.7 Å². The molecule has 1 heterocycles. The highest BCUT2D eigenvalue weighted by Gasteiger charge is 2.35. The minimum atomic E-state index is -0.440. The van der Waals surface area contributed by atoms with E-state index in [1.54, 1.807) is 11.9 Å². The second-order valence-corrected chi connectivity index (χ2v) is 5.37. The molecule has 6 heteroatoms. The topological polar surface area (TPSA) is 75.4 Å². The van der Waals surface area contributed by atoms with Gasteiger partial charge >= 0.3 is 0 Å². The van der Waals surface area contributed by atoms with E-state index in [2.05, 4.69) is 5.32 Å². The second-order valence-electron chi connectivity index (χ2n) is 4.90. The Morgan fingerprint density at radius 1 is 1.47 bits per heavy atom. The van der Waals surface area contributed by atoms with Gasteiger partial charge in [0.05, 0.1) is 10.9 Å². The summed E-state index contributed by atoms with van der Waals surface area (Å²) in [6.45, 7) is 2.60. The Morgan fingerprint density at radius 2 is 2.16 bits per heavy atom. The molecule has 0 aromatic carbocycles. The number of likely N-dealkylation sites (N-methyl/N-ethyl adjacent to an activating group) is 1. The molecule has 0 saturated carbocycles. The molecule has 1 aliphatic heterocycles. The lowest BCUT2D eigenvalue weighted by atomic mass is 9.96. The van der Waals surface area contributed by atoms with Gasteiger partial charge in [0.1, 0.15) is 6.04 Å². The third kappa shape index (κ3) is 3.89. The number of rotatable bonds is 5. The fraction of sp³-hybridized carbons (Fsp3) is 0.769. The zero-order valence-electron chi connectivity index (χ0n) is 11.6. The summed E-state index contributed by atoms with van der Waals surface area (Å²) in [5, 5.41) is 2.62. The molecule has 108 valence electrons. The standard InChI is InChI=1S/C13H23N3O2S/c1-3-6-9(11(14)19)13(18)16-8-5-4-7-10(16)12(17)15-2/h9-10H,3-8H2,1-2H3,(H2,14,19)(H,15,17). The summed E-state index contributed by atoms with van der Waals surface area (Å²) in [4.78, 5) is 26.3. The summed E-state index contributed by atoms with van der Waals surface area (Å²) in [6, 6.07) is -0.375. The van der Waals surface area contributed by atoms with Gasteiger partial charge in [0, 0.05) is 13.6 Å². The van der Waals surface area contributed by atoms with Crippen molar-refractivity contribution in [2.75, 3.05) is 13.6 Å². The summed E-state index contributed by atoms with van der Waals surface area (Å²) in [5.41, 5.74) is 5.67. The lowest BCUT2D eigenvalue weighted by Crippen LogP contribution is -2.54. The van der Waals surface area contributed by atoms with Crippen LogP contribution in [-0.2, 0) is 9.59 Å². The maximum Gasteiger partial charge on any atom is 0.242 e. The van der Waals surface area contributed by atoms with Gasteiger partial charge in [0.2, 0.25) is 11.8 Å². The molecule has 1 fully saturated rings. The first-order valence-electron chi connectivity index (χ1n) is 6.84. The van der Waals surface area contributed by atoms with Crippen molar-refractivity contribution in [3.63, 3.8) is 0 Å².